The van der Waals surface area contributed by atoms with E-state index in [2.05, 4.69) is 115 Å². The number of nitrogens with zero attached hydrogens (tertiary/aromatic N) is 3. The topological polar surface area (TPSA) is 51.8 Å². The zero-order chi connectivity index (χ0) is 33.7. The van der Waals surface area contributed by atoms with Crippen molar-refractivity contribution < 1.29 is 4.42 Å². The van der Waals surface area contributed by atoms with Crippen molar-refractivity contribution >= 4 is 43.5 Å². The molecule has 2 heterocycles. The predicted molar refractivity (Wildman–Crippen MR) is 209 cm³/mol. The van der Waals surface area contributed by atoms with Crippen molar-refractivity contribution in [2.24, 2.45) is 0 Å². The van der Waals surface area contributed by atoms with Crippen LogP contribution in [0.15, 0.2) is 180 Å². The molecule has 0 N–H and O–H groups in total. The van der Waals surface area contributed by atoms with E-state index in [1.165, 1.54) is 38.2 Å². The summed E-state index contributed by atoms with van der Waals surface area (Å²) in [5, 5.41) is 6.97. The van der Waals surface area contributed by atoms with Gasteiger partial charge in [-0.2, -0.15) is 0 Å². The Kier molecular flexibility index (Phi) is 6.78. The van der Waals surface area contributed by atoms with E-state index in [1.54, 1.807) is 0 Å². The van der Waals surface area contributed by atoms with Gasteiger partial charge in [-0.1, -0.05) is 164 Å². The van der Waals surface area contributed by atoms with Crippen LogP contribution in [0.3, 0.4) is 0 Å². The van der Waals surface area contributed by atoms with Gasteiger partial charge in [0, 0.05) is 27.5 Å². The molecule has 0 bridgehead atoms. The molecule has 2 aromatic heterocycles. The molecule has 0 atom stereocenters. The van der Waals surface area contributed by atoms with Crippen LogP contribution >= 0.6 is 0 Å². The average Bonchev–Trinajstić information content (AvgIpc) is 3.59. The lowest BCUT2D eigenvalue weighted by Crippen LogP contribution is -2.00. The molecular weight excluding hydrogens is 623 g/mol. The van der Waals surface area contributed by atoms with E-state index >= 15 is 0 Å². The molecule has 0 aliphatic rings. The molecule has 0 unspecified atom stereocenters. The van der Waals surface area contributed by atoms with E-state index in [1.807, 2.05) is 60.7 Å². The fourth-order valence-corrected chi connectivity index (χ4v) is 7.36. The van der Waals surface area contributed by atoms with Crippen molar-refractivity contribution in [2.45, 2.75) is 0 Å². The molecule has 0 amide bonds. The monoisotopic (exact) mass is 651 g/mol. The summed E-state index contributed by atoms with van der Waals surface area (Å²) in [6.07, 6.45) is 0. The Morgan fingerprint density at radius 3 is 1.59 bits per heavy atom. The third-order valence-corrected chi connectivity index (χ3v) is 9.77. The van der Waals surface area contributed by atoms with Crippen molar-refractivity contribution in [1.29, 1.82) is 0 Å². The van der Waals surface area contributed by atoms with Crippen LogP contribution in [-0.2, 0) is 0 Å². The van der Waals surface area contributed by atoms with Crippen LogP contribution in [0.4, 0.5) is 0 Å². The largest absolute Gasteiger partial charge is 0.456 e. The summed E-state index contributed by atoms with van der Waals surface area (Å²) < 4.78 is 6.21. The molecule has 238 valence electrons. The highest BCUT2D eigenvalue weighted by molar-refractivity contribution is 6.12. The van der Waals surface area contributed by atoms with E-state index < -0.39 is 0 Å². The van der Waals surface area contributed by atoms with Gasteiger partial charge in [-0.15, -0.1) is 0 Å². The predicted octanol–water partition coefficient (Wildman–Crippen LogP) is 12.4. The number of hydrogen-bond donors (Lipinski definition) is 0. The molecule has 10 rings (SSSR count). The van der Waals surface area contributed by atoms with Crippen molar-refractivity contribution in [3.8, 4) is 56.4 Å². The third kappa shape index (κ3) is 4.96. The Bertz CT molecular complexity index is 2900. The zero-order valence-corrected chi connectivity index (χ0v) is 27.5. The molecule has 0 radical (unpaired) electrons. The second-order valence-electron chi connectivity index (χ2n) is 12.8. The lowest BCUT2D eigenvalue weighted by atomic mass is 9.91. The molecule has 0 aliphatic carbocycles. The molecule has 0 fully saturated rings. The van der Waals surface area contributed by atoms with Gasteiger partial charge in [-0.25, -0.2) is 15.0 Å². The van der Waals surface area contributed by atoms with Crippen LogP contribution in [0.5, 0.6) is 0 Å². The number of para-hydroxylation sites is 1. The van der Waals surface area contributed by atoms with Crippen LogP contribution < -0.4 is 0 Å². The molecule has 0 spiro atoms. The quantitative estimate of drug-likeness (QED) is 0.186. The molecule has 51 heavy (non-hydrogen) atoms. The molecule has 10 aromatic rings. The van der Waals surface area contributed by atoms with Crippen molar-refractivity contribution in [2.75, 3.05) is 0 Å². The van der Waals surface area contributed by atoms with E-state index in [4.69, 9.17) is 19.4 Å². The fourth-order valence-electron chi connectivity index (χ4n) is 7.36. The van der Waals surface area contributed by atoms with Gasteiger partial charge in [-0.05, 0) is 55.9 Å². The van der Waals surface area contributed by atoms with Crippen LogP contribution in [0, 0.1) is 0 Å². The highest BCUT2D eigenvalue weighted by atomic mass is 16.3. The molecule has 0 aliphatic heterocycles. The molecule has 0 saturated carbocycles. The van der Waals surface area contributed by atoms with Gasteiger partial charge < -0.3 is 4.42 Å². The first kappa shape index (κ1) is 29.0. The molecule has 4 heteroatoms. The van der Waals surface area contributed by atoms with Gasteiger partial charge in [0.15, 0.2) is 17.5 Å². The minimum absolute atomic E-state index is 0.607. The van der Waals surface area contributed by atoms with E-state index in [-0.39, 0.29) is 0 Å². The van der Waals surface area contributed by atoms with Crippen molar-refractivity contribution in [3.05, 3.63) is 176 Å². The van der Waals surface area contributed by atoms with Crippen LogP contribution in [0.1, 0.15) is 0 Å². The minimum Gasteiger partial charge on any atom is -0.456 e. The van der Waals surface area contributed by atoms with E-state index in [0.29, 0.717) is 17.5 Å². The van der Waals surface area contributed by atoms with Crippen LogP contribution in [0.2, 0.25) is 0 Å². The van der Waals surface area contributed by atoms with Crippen LogP contribution in [-0.4, -0.2) is 15.0 Å². The van der Waals surface area contributed by atoms with Gasteiger partial charge in [0.1, 0.15) is 11.2 Å². The lowest BCUT2D eigenvalue weighted by molar-refractivity contribution is 0.669. The van der Waals surface area contributed by atoms with Gasteiger partial charge in [0.05, 0.1) is 0 Å². The Labute approximate surface area is 294 Å². The van der Waals surface area contributed by atoms with Gasteiger partial charge in [-0.3, -0.25) is 0 Å². The molecule has 4 nitrogen and oxygen atoms in total. The number of aromatic nitrogens is 3. The minimum atomic E-state index is 0.607. The summed E-state index contributed by atoms with van der Waals surface area (Å²) >= 11 is 0. The number of furan rings is 1. The zero-order valence-electron chi connectivity index (χ0n) is 27.5. The fraction of sp³-hybridized carbons (Fsp3) is 0. The lowest BCUT2D eigenvalue weighted by Gasteiger charge is -2.13. The first-order chi connectivity index (χ1) is 25.3. The summed E-state index contributed by atoms with van der Waals surface area (Å²) in [5.41, 5.74) is 9.19. The smallest absolute Gasteiger partial charge is 0.164 e. The SMILES string of the molecule is c1ccc(-c2nc(-c3ccc(-c4cccc5c(-c6cccc7ccccc67)cccc45)cc3)nc(-c3cccc4oc5ccccc5c34)n2)cc1. The number of fused-ring (bicyclic) bond motifs is 5. The first-order valence-corrected chi connectivity index (χ1v) is 17.1. The second-order valence-corrected chi connectivity index (χ2v) is 12.8. The Morgan fingerprint density at radius 1 is 0.294 bits per heavy atom. The number of hydrogen-bond acceptors (Lipinski definition) is 4. The summed E-state index contributed by atoms with van der Waals surface area (Å²) in [4.78, 5) is 15.1. The van der Waals surface area contributed by atoms with Gasteiger partial charge in [0.2, 0.25) is 0 Å². The first-order valence-electron chi connectivity index (χ1n) is 17.1. The normalized spacial score (nSPS) is 11.5. The van der Waals surface area contributed by atoms with Crippen molar-refractivity contribution in [3.63, 3.8) is 0 Å². The molecular formula is C47H29N3O. The number of benzene rings is 8. The van der Waals surface area contributed by atoms with Crippen LogP contribution in [0.25, 0.3) is 99.9 Å². The van der Waals surface area contributed by atoms with Crippen molar-refractivity contribution in [1.82, 2.24) is 15.0 Å². The van der Waals surface area contributed by atoms with Gasteiger partial charge in [0.25, 0.3) is 0 Å². The molecule has 0 saturated heterocycles. The van der Waals surface area contributed by atoms with Gasteiger partial charge >= 0.3 is 0 Å². The highest BCUT2D eigenvalue weighted by Gasteiger charge is 2.18. The average molecular weight is 652 g/mol. The molecule has 8 aromatic carbocycles. The van der Waals surface area contributed by atoms with E-state index in [0.717, 1.165) is 44.2 Å². The Morgan fingerprint density at radius 2 is 0.784 bits per heavy atom. The Hall–Kier alpha value is -6.91. The standard InChI is InChI=1S/C47H29N3O/c1-2-13-32(14-3-1)45-48-46(50-47(49-45)41-23-11-25-43-44(41)40-17-6-7-24-42(40)51-43)33-28-26-31(27-29-33)35-18-9-21-38-37(35)20-10-22-39(38)36-19-8-15-30-12-4-5-16-34(30)36/h1-29H. The maximum atomic E-state index is 6.21. The summed E-state index contributed by atoms with van der Waals surface area (Å²) in [7, 11) is 0. The second kappa shape index (κ2) is 11.9. The highest BCUT2D eigenvalue weighted by Crippen LogP contribution is 2.39. The maximum absolute atomic E-state index is 6.21. The summed E-state index contributed by atoms with van der Waals surface area (Å²) in [6, 6.07) is 61.2. The summed E-state index contributed by atoms with van der Waals surface area (Å²) in [5.74, 6) is 1.85. The Balaban J connectivity index is 1.10. The van der Waals surface area contributed by atoms with E-state index in [9.17, 15) is 0 Å². The number of rotatable bonds is 5. The summed E-state index contributed by atoms with van der Waals surface area (Å²) in [6.45, 7) is 0. The maximum Gasteiger partial charge on any atom is 0.164 e. The third-order valence-electron chi connectivity index (χ3n) is 9.77.